The van der Waals surface area contributed by atoms with Crippen molar-refractivity contribution in [1.82, 2.24) is 5.32 Å². The van der Waals surface area contributed by atoms with Crippen molar-refractivity contribution in [3.8, 4) is 0 Å². The van der Waals surface area contributed by atoms with Gasteiger partial charge in [-0.15, -0.1) is 23.1 Å². The van der Waals surface area contributed by atoms with Gasteiger partial charge >= 0.3 is 5.97 Å². The molecule has 0 bridgehead atoms. The number of rotatable bonds is 7. The molecule has 1 rings (SSSR count). The predicted molar refractivity (Wildman–Crippen MR) is 67.1 cm³/mol. The van der Waals surface area contributed by atoms with E-state index in [0.717, 1.165) is 5.75 Å². The average molecular weight is 275 g/mol. The average Bonchev–Trinajstić information content (AvgIpc) is 2.78. The standard InChI is InChI=1S/C10H13NO4S2/c12-8(10(14)15)4-11-9(13)6-16-5-7-2-1-3-17-7/h1-3,8,12H,4-6H2,(H,11,13)(H,14,15)/t8-/m0/s1. The fourth-order valence-electron chi connectivity index (χ4n) is 0.988. The molecule has 5 nitrogen and oxygen atoms in total. The summed E-state index contributed by atoms with van der Waals surface area (Å²) < 4.78 is 0. The number of carbonyl (C=O) groups is 2. The van der Waals surface area contributed by atoms with Crippen LogP contribution < -0.4 is 5.32 Å². The van der Waals surface area contributed by atoms with Crippen molar-refractivity contribution in [2.75, 3.05) is 12.3 Å². The first-order valence-electron chi connectivity index (χ1n) is 4.87. The number of carboxylic acid groups (broad SMARTS) is 1. The third-order valence-electron chi connectivity index (χ3n) is 1.84. The summed E-state index contributed by atoms with van der Waals surface area (Å²) in [4.78, 5) is 22.7. The lowest BCUT2D eigenvalue weighted by atomic mass is 10.3. The predicted octanol–water partition coefficient (Wildman–Crippen LogP) is 0.543. The lowest BCUT2D eigenvalue weighted by Crippen LogP contribution is -2.37. The van der Waals surface area contributed by atoms with Gasteiger partial charge in [0.05, 0.1) is 12.3 Å². The number of thioether (sulfide) groups is 1. The molecule has 0 aliphatic carbocycles. The third-order valence-corrected chi connectivity index (χ3v) is 3.88. The van der Waals surface area contributed by atoms with Crippen LogP contribution in [0.5, 0.6) is 0 Å². The van der Waals surface area contributed by atoms with Crippen LogP contribution in [-0.4, -0.2) is 40.5 Å². The van der Waals surface area contributed by atoms with Gasteiger partial charge in [0.1, 0.15) is 0 Å². The van der Waals surface area contributed by atoms with Gasteiger partial charge in [0.15, 0.2) is 6.10 Å². The Morgan fingerprint density at radius 1 is 1.53 bits per heavy atom. The summed E-state index contributed by atoms with van der Waals surface area (Å²) in [6.07, 6.45) is -1.54. The summed E-state index contributed by atoms with van der Waals surface area (Å²) in [7, 11) is 0. The number of amides is 1. The van der Waals surface area contributed by atoms with E-state index >= 15 is 0 Å². The Kier molecular flexibility index (Phi) is 6.03. The maximum atomic E-state index is 11.3. The van der Waals surface area contributed by atoms with E-state index in [9.17, 15) is 9.59 Å². The smallest absolute Gasteiger partial charge is 0.334 e. The van der Waals surface area contributed by atoms with Crippen LogP contribution in [0.2, 0.25) is 0 Å². The minimum Gasteiger partial charge on any atom is -0.479 e. The lowest BCUT2D eigenvalue weighted by molar-refractivity contribution is -0.146. The quantitative estimate of drug-likeness (QED) is 0.676. The highest BCUT2D eigenvalue weighted by Crippen LogP contribution is 2.16. The molecule has 0 fully saturated rings. The second-order valence-corrected chi connectivity index (χ2v) is 5.25. The number of carboxylic acids is 1. The lowest BCUT2D eigenvalue weighted by Gasteiger charge is -2.07. The number of carbonyl (C=O) groups excluding carboxylic acids is 1. The second kappa shape index (κ2) is 7.31. The summed E-state index contributed by atoms with van der Waals surface area (Å²) in [5.74, 6) is -0.597. The molecule has 3 N–H and O–H groups in total. The van der Waals surface area contributed by atoms with Gasteiger partial charge in [-0.1, -0.05) is 6.07 Å². The number of nitrogens with one attached hydrogen (secondary N) is 1. The summed E-state index contributed by atoms with van der Waals surface area (Å²) in [5, 5.41) is 21.7. The molecule has 0 aliphatic rings. The van der Waals surface area contributed by atoms with Gasteiger partial charge in [0, 0.05) is 10.6 Å². The highest BCUT2D eigenvalue weighted by Gasteiger charge is 2.13. The van der Waals surface area contributed by atoms with Crippen molar-refractivity contribution in [1.29, 1.82) is 0 Å². The molecule has 1 aromatic rings. The normalized spacial score (nSPS) is 12.1. The maximum Gasteiger partial charge on any atom is 0.334 e. The van der Waals surface area contributed by atoms with E-state index in [1.807, 2.05) is 17.5 Å². The fraction of sp³-hybridized carbons (Fsp3) is 0.400. The summed E-state index contributed by atoms with van der Waals surface area (Å²) in [5.41, 5.74) is 0. The zero-order chi connectivity index (χ0) is 12.7. The second-order valence-electron chi connectivity index (χ2n) is 3.23. The van der Waals surface area contributed by atoms with Gasteiger partial charge in [-0.2, -0.15) is 0 Å². The minimum atomic E-state index is -1.54. The monoisotopic (exact) mass is 275 g/mol. The molecule has 1 atom stereocenters. The number of thiophene rings is 1. The molecule has 0 aliphatic heterocycles. The Bertz CT molecular complexity index is 366. The SMILES string of the molecule is O=C(CSCc1cccs1)NC[C@H](O)C(=O)O. The Hall–Kier alpha value is -1.05. The van der Waals surface area contributed by atoms with Gasteiger partial charge < -0.3 is 15.5 Å². The van der Waals surface area contributed by atoms with E-state index in [0.29, 0.717) is 0 Å². The first kappa shape index (κ1) is 14.0. The largest absolute Gasteiger partial charge is 0.479 e. The molecular weight excluding hydrogens is 262 g/mol. The Morgan fingerprint density at radius 3 is 2.88 bits per heavy atom. The number of aliphatic carboxylic acids is 1. The maximum absolute atomic E-state index is 11.3. The first-order chi connectivity index (χ1) is 8.09. The van der Waals surface area contributed by atoms with Crippen LogP contribution in [0.3, 0.4) is 0 Å². The highest BCUT2D eigenvalue weighted by atomic mass is 32.2. The van der Waals surface area contributed by atoms with Crippen molar-refractivity contribution in [2.45, 2.75) is 11.9 Å². The molecule has 0 unspecified atom stereocenters. The van der Waals surface area contributed by atoms with Gasteiger partial charge in [-0.3, -0.25) is 4.79 Å². The third kappa shape index (κ3) is 5.71. The van der Waals surface area contributed by atoms with E-state index in [1.54, 1.807) is 11.3 Å². The molecular formula is C10H13NO4S2. The molecule has 94 valence electrons. The van der Waals surface area contributed by atoms with Crippen molar-refractivity contribution in [3.63, 3.8) is 0 Å². The van der Waals surface area contributed by atoms with E-state index in [4.69, 9.17) is 10.2 Å². The molecule has 0 saturated heterocycles. The number of hydrogen-bond donors (Lipinski definition) is 3. The molecule has 1 aromatic heterocycles. The molecule has 0 saturated carbocycles. The number of hydrogen-bond acceptors (Lipinski definition) is 5. The van der Waals surface area contributed by atoms with Crippen LogP contribution in [0.25, 0.3) is 0 Å². The molecule has 17 heavy (non-hydrogen) atoms. The Balaban J connectivity index is 2.11. The summed E-state index contributed by atoms with van der Waals surface area (Å²) >= 11 is 3.07. The summed E-state index contributed by atoms with van der Waals surface area (Å²) in [6.45, 7) is -0.256. The molecule has 0 radical (unpaired) electrons. The van der Waals surface area contributed by atoms with E-state index in [1.165, 1.54) is 16.6 Å². The highest BCUT2D eigenvalue weighted by molar-refractivity contribution is 7.99. The minimum absolute atomic E-state index is 0.254. The first-order valence-corrected chi connectivity index (χ1v) is 6.90. The van der Waals surface area contributed by atoms with Crippen molar-refractivity contribution < 1.29 is 19.8 Å². The summed E-state index contributed by atoms with van der Waals surface area (Å²) in [6, 6.07) is 3.94. The van der Waals surface area contributed by atoms with Gasteiger partial charge in [-0.25, -0.2) is 4.79 Å². The molecule has 1 heterocycles. The van der Waals surface area contributed by atoms with E-state index < -0.39 is 12.1 Å². The van der Waals surface area contributed by atoms with Gasteiger partial charge in [-0.05, 0) is 11.4 Å². The van der Waals surface area contributed by atoms with E-state index in [-0.39, 0.29) is 18.2 Å². The zero-order valence-corrected chi connectivity index (χ0v) is 10.6. The van der Waals surface area contributed by atoms with E-state index in [2.05, 4.69) is 5.32 Å². The molecule has 7 heteroatoms. The van der Waals surface area contributed by atoms with Crippen molar-refractivity contribution in [2.24, 2.45) is 0 Å². The van der Waals surface area contributed by atoms with Crippen LogP contribution in [0, 0.1) is 0 Å². The van der Waals surface area contributed by atoms with Gasteiger partial charge in [0.2, 0.25) is 5.91 Å². The Labute approximate surface area is 107 Å². The van der Waals surface area contributed by atoms with Crippen LogP contribution in [0.4, 0.5) is 0 Å². The van der Waals surface area contributed by atoms with Crippen LogP contribution in [-0.2, 0) is 15.3 Å². The topological polar surface area (TPSA) is 86.6 Å². The fourth-order valence-corrected chi connectivity index (χ4v) is 2.69. The van der Waals surface area contributed by atoms with Crippen LogP contribution >= 0.6 is 23.1 Å². The number of aliphatic hydroxyl groups is 1. The number of aliphatic hydroxyl groups excluding tert-OH is 1. The Morgan fingerprint density at radius 2 is 2.29 bits per heavy atom. The molecule has 0 aromatic carbocycles. The van der Waals surface area contributed by atoms with Crippen LogP contribution in [0.1, 0.15) is 4.88 Å². The zero-order valence-electron chi connectivity index (χ0n) is 8.96. The van der Waals surface area contributed by atoms with Gasteiger partial charge in [0.25, 0.3) is 0 Å². The molecule has 0 spiro atoms. The van der Waals surface area contributed by atoms with Crippen molar-refractivity contribution >= 4 is 35.0 Å². The van der Waals surface area contributed by atoms with Crippen LogP contribution in [0.15, 0.2) is 17.5 Å². The molecule has 1 amide bonds. The van der Waals surface area contributed by atoms with Crippen molar-refractivity contribution in [3.05, 3.63) is 22.4 Å².